The molecule has 1 rings (SSSR count). The topological polar surface area (TPSA) is 76.1 Å². The SMILES string of the molecule is COc1ccc(CS(=O)C(C)CCN)cc1C#N. The minimum absolute atomic E-state index is 0.0719. The first-order chi connectivity index (χ1) is 8.62. The number of methoxy groups -OCH3 is 1. The summed E-state index contributed by atoms with van der Waals surface area (Å²) in [7, 11) is 0.560. The highest BCUT2D eigenvalue weighted by Gasteiger charge is 2.12. The Morgan fingerprint density at radius 2 is 2.28 bits per heavy atom. The molecule has 5 heteroatoms. The summed E-state index contributed by atoms with van der Waals surface area (Å²) in [6.07, 6.45) is 0.744. The highest BCUT2D eigenvalue weighted by Crippen LogP contribution is 2.20. The molecule has 2 unspecified atom stereocenters. The lowest BCUT2D eigenvalue weighted by Gasteiger charge is -2.11. The Morgan fingerprint density at radius 1 is 1.56 bits per heavy atom. The molecular weight excluding hydrogens is 248 g/mol. The Bertz CT molecular complexity index is 469. The van der Waals surface area contributed by atoms with E-state index in [2.05, 4.69) is 6.07 Å². The number of ether oxygens (including phenoxy) is 1. The van der Waals surface area contributed by atoms with Crippen LogP contribution in [0.2, 0.25) is 0 Å². The number of hydrogen-bond donors (Lipinski definition) is 1. The van der Waals surface area contributed by atoms with Gasteiger partial charge in [0.1, 0.15) is 11.8 Å². The predicted octanol–water partition coefficient (Wildman–Crippen LogP) is 1.55. The van der Waals surface area contributed by atoms with Crippen LogP contribution in [-0.2, 0) is 16.6 Å². The zero-order chi connectivity index (χ0) is 13.5. The molecule has 2 atom stereocenters. The second-order valence-electron chi connectivity index (χ2n) is 4.06. The Labute approximate surface area is 110 Å². The highest BCUT2D eigenvalue weighted by molar-refractivity contribution is 7.84. The zero-order valence-corrected chi connectivity index (χ0v) is 11.5. The van der Waals surface area contributed by atoms with E-state index in [0.29, 0.717) is 23.6 Å². The molecule has 98 valence electrons. The first kappa shape index (κ1) is 14.7. The maximum Gasteiger partial charge on any atom is 0.136 e. The molecule has 0 heterocycles. The number of nitrogens with two attached hydrogens (primary N) is 1. The zero-order valence-electron chi connectivity index (χ0n) is 10.7. The van der Waals surface area contributed by atoms with Crippen LogP contribution in [-0.4, -0.2) is 23.1 Å². The Morgan fingerprint density at radius 3 is 2.83 bits per heavy atom. The highest BCUT2D eigenvalue weighted by atomic mass is 32.2. The average Bonchev–Trinajstić information content (AvgIpc) is 2.38. The van der Waals surface area contributed by atoms with Crippen LogP contribution < -0.4 is 10.5 Å². The number of benzene rings is 1. The molecule has 1 aromatic rings. The van der Waals surface area contributed by atoms with Gasteiger partial charge in [0.15, 0.2) is 0 Å². The second kappa shape index (κ2) is 7.14. The minimum Gasteiger partial charge on any atom is -0.495 e. The molecule has 0 aliphatic carbocycles. The fourth-order valence-corrected chi connectivity index (χ4v) is 2.80. The van der Waals surface area contributed by atoms with Gasteiger partial charge in [0.05, 0.1) is 12.7 Å². The van der Waals surface area contributed by atoms with Crippen molar-refractivity contribution in [3.8, 4) is 11.8 Å². The fourth-order valence-electron chi connectivity index (χ4n) is 1.60. The van der Waals surface area contributed by atoms with E-state index in [1.807, 2.05) is 13.0 Å². The van der Waals surface area contributed by atoms with Gasteiger partial charge in [-0.15, -0.1) is 0 Å². The van der Waals surface area contributed by atoms with Crippen molar-refractivity contribution in [1.29, 1.82) is 5.26 Å². The quantitative estimate of drug-likeness (QED) is 0.847. The van der Waals surface area contributed by atoms with Crippen LogP contribution in [0.1, 0.15) is 24.5 Å². The fraction of sp³-hybridized carbons (Fsp3) is 0.462. The lowest BCUT2D eigenvalue weighted by atomic mass is 10.1. The molecule has 0 fully saturated rings. The lowest BCUT2D eigenvalue weighted by molar-refractivity contribution is 0.413. The van der Waals surface area contributed by atoms with Gasteiger partial charge in [0, 0.05) is 21.8 Å². The molecule has 0 amide bonds. The van der Waals surface area contributed by atoms with E-state index in [9.17, 15) is 4.21 Å². The smallest absolute Gasteiger partial charge is 0.136 e. The maximum atomic E-state index is 12.0. The van der Waals surface area contributed by atoms with E-state index in [0.717, 1.165) is 12.0 Å². The Balaban J connectivity index is 2.80. The summed E-state index contributed by atoms with van der Waals surface area (Å²) in [5, 5.41) is 9.05. The van der Waals surface area contributed by atoms with Crippen LogP contribution in [0.15, 0.2) is 18.2 Å². The third kappa shape index (κ3) is 3.83. The van der Waals surface area contributed by atoms with Crippen LogP contribution in [0.3, 0.4) is 0 Å². The van der Waals surface area contributed by atoms with Crippen molar-refractivity contribution < 1.29 is 8.95 Å². The van der Waals surface area contributed by atoms with Gasteiger partial charge in [0.25, 0.3) is 0 Å². The largest absolute Gasteiger partial charge is 0.495 e. The molecule has 18 heavy (non-hydrogen) atoms. The molecule has 0 aliphatic rings. The normalized spacial score (nSPS) is 13.7. The van der Waals surface area contributed by atoms with E-state index in [1.54, 1.807) is 12.1 Å². The van der Waals surface area contributed by atoms with Crippen molar-refractivity contribution >= 4 is 10.8 Å². The second-order valence-corrected chi connectivity index (χ2v) is 5.91. The molecular formula is C13H18N2O2S. The Kier molecular flexibility index (Phi) is 5.83. The monoisotopic (exact) mass is 266 g/mol. The number of nitrogens with zero attached hydrogens (tertiary/aromatic N) is 1. The van der Waals surface area contributed by atoms with Crippen molar-refractivity contribution in [1.82, 2.24) is 0 Å². The molecule has 1 aromatic carbocycles. The van der Waals surface area contributed by atoms with Crippen molar-refractivity contribution in [2.24, 2.45) is 5.73 Å². The molecule has 0 spiro atoms. The van der Waals surface area contributed by atoms with Gasteiger partial charge in [-0.25, -0.2) is 0 Å². The molecule has 0 aliphatic heterocycles. The lowest BCUT2D eigenvalue weighted by Crippen LogP contribution is -2.17. The van der Waals surface area contributed by atoms with Gasteiger partial charge in [-0.05, 0) is 30.7 Å². The average molecular weight is 266 g/mol. The summed E-state index contributed by atoms with van der Waals surface area (Å²) in [6, 6.07) is 7.37. The van der Waals surface area contributed by atoms with E-state index >= 15 is 0 Å². The maximum absolute atomic E-state index is 12.0. The van der Waals surface area contributed by atoms with Crippen molar-refractivity contribution in [2.75, 3.05) is 13.7 Å². The van der Waals surface area contributed by atoms with E-state index < -0.39 is 10.8 Å². The summed E-state index contributed by atoms with van der Waals surface area (Å²) in [5.41, 5.74) is 6.80. The standard InChI is InChI=1S/C13H18N2O2S/c1-10(5-6-14)18(16)9-11-3-4-13(17-2)12(7-11)8-15/h3-4,7,10H,5-6,9,14H2,1-2H3. The van der Waals surface area contributed by atoms with Crippen molar-refractivity contribution in [3.05, 3.63) is 29.3 Å². The van der Waals surface area contributed by atoms with Crippen molar-refractivity contribution in [3.63, 3.8) is 0 Å². The van der Waals surface area contributed by atoms with Crippen LogP contribution >= 0.6 is 0 Å². The van der Waals surface area contributed by atoms with E-state index in [-0.39, 0.29) is 5.25 Å². The molecule has 0 saturated carbocycles. The van der Waals surface area contributed by atoms with E-state index in [4.69, 9.17) is 15.7 Å². The molecule has 4 nitrogen and oxygen atoms in total. The predicted molar refractivity (Wildman–Crippen MR) is 72.7 cm³/mol. The Hall–Kier alpha value is -1.38. The summed E-state index contributed by atoms with van der Waals surface area (Å²) in [5.74, 6) is 0.988. The molecule has 0 saturated heterocycles. The molecule has 2 N–H and O–H groups in total. The van der Waals surface area contributed by atoms with Gasteiger partial charge >= 0.3 is 0 Å². The van der Waals surface area contributed by atoms with Crippen LogP contribution in [0.4, 0.5) is 0 Å². The third-order valence-corrected chi connectivity index (χ3v) is 4.47. The van der Waals surface area contributed by atoms with Gasteiger partial charge in [0.2, 0.25) is 0 Å². The summed E-state index contributed by atoms with van der Waals surface area (Å²) >= 11 is 0. The molecule has 0 radical (unpaired) electrons. The van der Waals surface area contributed by atoms with Gasteiger partial charge in [-0.2, -0.15) is 5.26 Å². The van der Waals surface area contributed by atoms with Crippen LogP contribution in [0, 0.1) is 11.3 Å². The first-order valence-corrected chi connectivity index (χ1v) is 7.14. The third-order valence-electron chi connectivity index (χ3n) is 2.72. The van der Waals surface area contributed by atoms with E-state index in [1.165, 1.54) is 7.11 Å². The van der Waals surface area contributed by atoms with Crippen LogP contribution in [0.5, 0.6) is 5.75 Å². The number of rotatable bonds is 6. The van der Waals surface area contributed by atoms with Gasteiger partial charge in [-0.3, -0.25) is 4.21 Å². The first-order valence-electron chi connectivity index (χ1n) is 5.76. The van der Waals surface area contributed by atoms with Crippen LogP contribution in [0.25, 0.3) is 0 Å². The minimum atomic E-state index is -0.965. The molecule has 0 aromatic heterocycles. The number of nitriles is 1. The van der Waals surface area contributed by atoms with Crippen molar-refractivity contribution in [2.45, 2.75) is 24.3 Å². The van der Waals surface area contributed by atoms with Gasteiger partial charge in [-0.1, -0.05) is 13.0 Å². The summed E-state index contributed by atoms with van der Waals surface area (Å²) in [4.78, 5) is 0. The summed E-state index contributed by atoms with van der Waals surface area (Å²) in [6.45, 7) is 2.47. The summed E-state index contributed by atoms with van der Waals surface area (Å²) < 4.78 is 17.1. The number of hydrogen-bond acceptors (Lipinski definition) is 4. The molecule has 0 bridgehead atoms. The van der Waals surface area contributed by atoms with Gasteiger partial charge < -0.3 is 10.5 Å².